The molecule has 7 heteroatoms. The number of H-pyrrole nitrogens is 1. The zero-order chi connectivity index (χ0) is 15.8. The Morgan fingerprint density at radius 3 is 3.09 bits per heavy atom. The van der Waals surface area contributed by atoms with Gasteiger partial charge in [0.05, 0.1) is 11.6 Å². The SMILES string of the molecule is CN1CCNCC1c1noc(-c2cc(=O)[nH]c3ccccc23)n1. The molecule has 1 aliphatic heterocycles. The highest BCUT2D eigenvalue weighted by atomic mass is 16.5. The highest BCUT2D eigenvalue weighted by Gasteiger charge is 2.26. The number of para-hydroxylation sites is 1. The molecule has 1 aromatic carbocycles. The number of aromatic amines is 1. The van der Waals surface area contributed by atoms with E-state index in [9.17, 15) is 4.79 Å². The molecule has 3 aromatic rings. The molecule has 0 radical (unpaired) electrons. The first kappa shape index (κ1) is 14.1. The minimum Gasteiger partial charge on any atom is -0.334 e. The van der Waals surface area contributed by atoms with Crippen molar-refractivity contribution < 1.29 is 4.52 Å². The molecule has 0 spiro atoms. The Morgan fingerprint density at radius 2 is 2.22 bits per heavy atom. The van der Waals surface area contributed by atoms with E-state index in [1.807, 2.05) is 31.3 Å². The molecule has 0 aliphatic carbocycles. The summed E-state index contributed by atoms with van der Waals surface area (Å²) in [5.74, 6) is 1.01. The fourth-order valence-electron chi connectivity index (χ4n) is 2.96. The Bertz CT molecular complexity index is 901. The molecule has 3 heterocycles. The van der Waals surface area contributed by atoms with Crippen molar-refractivity contribution in [2.24, 2.45) is 0 Å². The lowest BCUT2D eigenvalue weighted by Gasteiger charge is -2.30. The summed E-state index contributed by atoms with van der Waals surface area (Å²) in [5.41, 5.74) is 1.23. The quantitative estimate of drug-likeness (QED) is 0.738. The lowest BCUT2D eigenvalue weighted by atomic mass is 10.1. The number of pyridine rings is 1. The molecule has 0 amide bonds. The van der Waals surface area contributed by atoms with Gasteiger partial charge in [0.15, 0.2) is 5.82 Å². The number of hydrogen-bond acceptors (Lipinski definition) is 6. The maximum Gasteiger partial charge on any atom is 0.258 e. The number of fused-ring (bicyclic) bond motifs is 1. The van der Waals surface area contributed by atoms with Crippen LogP contribution in [0.25, 0.3) is 22.4 Å². The molecule has 1 atom stereocenters. The summed E-state index contributed by atoms with van der Waals surface area (Å²) in [6.07, 6.45) is 0. The van der Waals surface area contributed by atoms with E-state index in [-0.39, 0.29) is 11.6 Å². The van der Waals surface area contributed by atoms with E-state index in [4.69, 9.17) is 4.52 Å². The number of hydrogen-bond donors (Lipinski definition) is 2. The van der Waals surface area contributed by atoms with E-state index in [2.05, 4.69) is 25.3 Å². The Balaban J connectivity index is 1.79. The highest BCUT2D eigenvalue weighted by Crippen LogP contribution is 2.26. The highest BCUT2D eigenvalue weighted by molar-refractivity contribution is 5.91. The number of nitrogens with zero attached hydrogens (tertiary/aromatic N) is 3. The molecule has 0 bridgehead atoms. The molecule has 1 saturated heterocycles. The van der Waals surface area contributed by atoms with Gasteiger partial charge in [0, 0.05) is 36.6 Å². The van der Waals surface area contributed by atoms with Gasteiger partial charge in [0.2, 0.25) is 5.56 Å². The number of aromatic nitrogens is 3. The van der Waals surface area contributed by atoms with Crippen LogP contribution in [-0.2, 0) is 0 Å². The van der Waals surface area contributed by atoms with Gasteiger partial charge in [0.1, 0.15) is 0 Å². The van der Waals surface area contributed by atoms with Crippen LogP contribution in [-0.4, -0.2) is 46.7 Å². The minimum atomic E-state index is -0.185. The van der Waals surface area contributed by atoms with Crippen LogP contribution in [0.5, 0.6) is 0 Å². The van der Waals surface area contributed by atoms with E-state index < -0.39 is 0 Å². The van der Waals surface area contributed by atoms with Gasteiger partial charge in [-0.2, -0.15) is 4.98 Å². The summed E-state index contributed by atoms with van der Waals surface area (Å²) < 4.78 is 5.45. The average Bonchev–Trinajstić information content (AvgIpc) is 3.04. The summed E-state index contributed by atoms with van der Waals surface area (Å²) >= 11 is 0. The predicted octanol–water partition coefficient (Wildman–Crippen LogP) is 1.15. The fourth-order valence-corrected chi connectivity index (χ4v) is 2.96. The monoisotopic (exact) mass is 311 g/mol. The Labute approximate surface area is 132 Å². The standard InChI is InChI=1S/C16H17N5O2/c1-21-7-6-17-9-13(21)15-19-16(23-20-15)11-8-14(22)18-12-5-3-2-4-10(11)12/h2-5,8,13,17H,6-7,9H2,1H3,(H,18,22). The Kier molecular flexibility index (Phi) is 3.44. The van der Waals surface area contributed by atoms with Gasteiger partial charge in [-0.05, 0) is 13.1 Å². The second-order valence-electron chi connectivity index (χ2n) is 5.75. The molecule has 7 nitrogen and oxygen atoms in total. The van der Waals surface area contributed by atoms with Crippen molar-refractivity contribution in [1.82, 2.24) is 25.3 Å². The first-order chi connectivity index (χ1) is 11.2. The van der Waals surface area contributed by atoms with Gasteiger partial charge < -0.3 is 14.8 Å². The molecule has 118 valence electrons. The van der Waals surface area contributed by atoms with E-state index in [1.165, 1.54) is 6.07 Å². The van der Waals surface area contributed by atoms with Gasteiger partial charge in [-0.1, -0.05) is 23.4 Å². The van der Waals surface area contributed by atoms with Crippen LogP contribution in [0.2, 0.25) is 0 Å². The largest absolute Gasteiger partial charge is 0.334 e. The maximum atomic E-state index is 11.9. The van der Waals surface area contributed by atoms with Crippen LogP contribution in [0.15, 0.2) is 39.6 Å². The normalized spacial score (nSPS) is 19.3. The summed E-state index contributed by atoms with van der Waals surface area (Å²) in [6, 6.07) is 9.16. The third-order valence-electron chi connectivity index (χ3n) is 4.23. The third-order valence-corrected chi connectivity index (χ3v) is 4.23. The van der Waals surface area contributed by atoms with Crippen molar-refractivity contribution in [3.8, 4) is 11.5 Å². The average molecular weight is 311 g/mol. The zero-order valence-electron chi connectivity index (χ0n) is 12.7. The van der Waals surface area contributed by atoms with Crippen LogP contribution in [0.3, 0.4) is 0 Å². The van der Waals surface area contributed by atoms with Crippen LogP contribution in [0.4, 0.5) is 0 Å². The zero-order valence-corrected chi connectivity index (χ0v) is 12.7. The van der Waals surface area contributed by atoms with Crippen molar-refractivity contribution in [2.75, 3.05) is 26.7 Å². The fraction of sp³-hybridized carbons (Fsp3) is 0.312. The number of likely N-dealkylation sites (N-methyl/N-ethyl adjacent to an activating group) is 1. The molecule has 4 rings (SSSR count). The van der Waals surface area contributed by atoms with Gasteiger partial charge >= 0.3 is 0 Å². The number of benzene rings is 1. The molecule has 2 N–H and O–H groups in total. The van der Waals surface area contributed by atoms with Crippen molar-refractivity contribution >= 4 is 10.9 Å². The van der Waals surface area contributed by atoms with Crippen molar-refractivity contribution in [3.05, 3.63) is 46.5 Å². The smallest absolute Gasteiger partial charge is 0.258 e. The van der Waals surface area contributed by atoms with Crippen LogP contribution in [0, 0.1) is 0 Å². The lowest BCUT2D eigenvalue weighted by molar-refractivity contribution is 0.190. The molecular formula is C16H17N5O2. The Hall–Kier alpha value is -2.51. The van der Waals surface area contributed by atoms with Crippen LogP contribution >= 0.6 is 0 Å². The van der Waals surface area contributed by atoms with Crippen molar-refractivity contribution in [2.45, 2.75) is 6.04 Å². The molecular weight excluding hydrogens is 294 g/mol. The number of piperazine rings is 1. The van der Waals surface area contributed by atoms with E-state index in [0.29, 0.717) is 17.3 Å². The van der Waals surface area contributed by atoms with Gasteiger partial charge in [-0.25, -0.2) is 0 Å². The first-order valence-corrected chi connectivity index (χ1v) is 7.59. The molecule has 1 fully saturated rings. The summed E-state index contributed by atoms with van der Waals surface area (Å²) in [5, 5.41) is 8.34. The van der Waals surface area contributed by atoms with Gasteiger partial charge in [0.25, 0.3) is 5.89 Å². The lowest BCUT2D eigenvalue weighted by Crippen LogP contribution is -2.44. The minimum absolute atomic E-state index is 0.0783. The molecule has 0 saturated carbocycles. The third kappa shape index (κ3) is 2.54. The molecule has 1 aliphatic rings. The summed E-state index contributed by atoms with van der Waals surface area (Å²) in [6.45, 7) is 2.67. The molecule has 23 heavy (non-hydrogen) atoms. The van der Waals surface area contributed by atoms with Crippen LogP contribution < -0.4 is 10.9 Å². The predicted molar refractivity (Wildman–Crippen MR) is 86.1 cm³/mol. The topological polar surface area (TPSA) is 87.0 Å². The van der Waals surface area contributed by atoms with Gasteiger partial charge in [-0.15, -0.1) is 0 Å². The number of rotatable bonds is 2. The van der Waals surface area contributed by atoms with Crippen LogP contribution in [0.1, 0.15) is 11.9 Å². The van der Waals surface area contributed by atoms with Crippen molar-refractivity contribution in [1.29, 1.82) is 0 Å². The summed E-state index contributed by atoms with van der Waals surface area (Å²) in [4.78, 5) is 21.4. The Morgan fingerprint density at radius 1 is 1.35 bits per heavy atom. The second kappa shape index (κ2) is 5.60. The van der Waals surface area contributed by atoms with E-state index in [1.54, 1.807) is 0 Å². The van der Waals surface area contributed by atoms with E-state index >= 15 is 0 Å². The first-order valence-electron chi connectivity index (χ1n) is 7.59. The maximum absolute atomic E-state index is 11.9. The van der Waals surface area contributed by atoms with Gasteiger partial charge in [-0.3, -0.25) is 9.69 Å². The number of nitrogens with one attached hydrogen (secondary N) is 2. The van der Waals surface area contributed by atoms with E-state index in [0.717, 1.165) is 30.5 Å². The summed E-state index contributed by atoms with van der Waals surface area (Å²) in [7, 11) is 2.05. The molecule has 1 unspecified atom stereocenters. The van der Waals surface area contributed by atoms with Crippen molar-refractivity contribution in [3.63, 3.8) is 0 Å². The molecule has 2 aromatic heterocycles. The second-order valence-corrected chi connectivity index (χ2v) is 5.75.